The number of rotatable bonds is 8. The van der Waals surface area contributed by atoms with Gasteiger partial charge in [-0.25, -0.2) is 0 Å². The molecular weight excluding hydrogens is 482 g/mol. The predicted molar refractivity (Wildman–Crippen MR) is 147 cm³/mol. The largest absolute Gasteiger partial charge is 0.493 e. The first-order valence-corrected chi connectivity index (χ1v) is 12.9. The van der Waals surface area contributed by atoms with Crippen LogP contribution in [0.5, 0.6) is 11.5 Å². The van der Waals surface area contributed by atoms with Gasteiger partial charge in [0.2, 0.25) is 5.91 Å². The average molecular weight is 518 g/mol. The Kier molecular flexibility index (Phi) is 8.78. The number of ether oxygens (including phenoxy) is 2. The van der Waals surface area contributed by atoms with E-state index < -0.39 is 0 Å². The number of hydrogen-bond donors (Lipinski definition) is 0. The number of carbonyl (C=O) groups excluding carboxylic acids is 2. The zero-order valence-electron chi connectivity index (χ0n) is 22.5. The third-order valence-electron chi connectivity index (χ3n) is 6.71. The first-order valence-electron chi connectivity index (χ1n) is 12.9. The summed E-state index contributed by atoms with van der Waals surface area (Å²) in [5, 5.41) is 8.90. The maximum Gasteiger partial charge on any atom is 0.254 e. The van der Waals surface area contributed by atoms with Crippen molar-refractivity contribution in [1.29, 1.82) is 0 Å². The van der Waals surface area contributed by atoms with Gasteiger partial charge in [0, 0.05) is 43.3 Å². The SMILES string of the molecule is COc1ccc(-c2ccc(N3CCCN(C(=O)CN(C(=O)c4ccccc4)C(C)C)CC3)nn2)cc1OC. The lowest BCUT2D eigenvalue weighted by atomic mass is 10.1. The van der Waals surface area contributed by atoms with E-state index in [9.17, 15) is 9.59 Å². The second-order valence-corrected chi connectivity index (χ2v) is 9.46. The van der Waals surface area contributed by atoms with Crippen LogP contribution in [-0.4, -0.2) is 84.8 Å². The Morgan fingerprint density at radius 2 is 1.66 bits per heavy atom. The van der Waals surface area contributed by atoms with Crippen molar-refractivity contribution in [1.82, 2.24) is 20.0 Å². The molecule has 2 aromatic carbocycles. The molecule has 2 amide bonds. The molecule has 2 heterocycles. The standard InChI is InChI=1S/C29H35N5O4/c1-21(2)34(29(36)22-9-6-5-7-10-22)20-28(35)33-16-8-15-32(17-18-33)27-14-12-24(30-31-27)23-11-13-25(37-3)26(19-23)38-4/h5-7,9-14,19,21H,8,15-18,20H2,1-4H3. The van der Waals surface area contributed by atoms with Crippen molar-refractivity contribution in [2.24, 2.45) is 0 Å². The van der Waals surface area contributed by atoms with Gasteiger partial charge >= 0.3 is 0 Å². The highest BCUT2D eigenvalue weighted by Gasteiger charge is 2.26. The van der Waals surface area contributed by atoms with Crippen molar-refractivity contribution in [3.05, 3.63) is 66.2 Å². The summed E-state index contributed by atoms with van der Waals surface area (Å²) in [7, 11) is 3.21. The van der Waals surface area contributed by atoms with E-state index in [4.69, 9.17) is 9.47 Å². The van der Waals surface area contributed by atoms with Crippen molar-refractivity contribution in [2.75, 3.05) is 51.8 Å². The van der Waals surface area contributed by atoms with E-state index in [1.54, 1.807) is 31.3 Å². The lowest BCUT2D eigenvalue weighted by Gasteiger charge is -2.29. The minimum absolute atomic E-state index is 0.0419. The lowest BCUT2D eigenvalue weighted by molar-refractivity contribution is -0.132. The lowest BCUT2D eigenvalue weighted by Crippen LogP contribution is -2.46. The van der Waals surface area contributed by atoms with Gasteiger partial charge in [0.1, 0.15) is 6.54 Å². The van der Waals surface area contributed by atoms with E-state index in [0.29, 0.717) is 36.7 Å². The highest BCUT2D eigenvalue weighted by Crippen LogP contribution is 2.31. The minimum Gasteiger partial charge on any atom is -0.493 e. The predicted octanol–water partition coefficient (Wildman–Crippen LogP) is 3.75. The maximum atomic E-state index is 13.2. The van der Waals surface area contributed by atoms with Gasteiger partial charge in [-0.2, -0.15) is 0 Å². The van der Waals surface area contributed by atoms with Crippen molar-refractivity contribution in [3.63, 3.8) is 0 Å². The van der Waals surface area contributed by atoms with E-state index in [1.807, 2.05) is 67.3 Å². The number of hydrogen-bond acceptors (Lipinski definition) is 7. The second-order valence-electron chi connectivity index (χ2n) is 9.46. The van der Waals surface area contributed by atoms with Crippen LogP contribution in [0.4, 0.5) is 5.82 Å². The molecule has 1 aromatic heterocycles. The maximum absolute atomic E-state index is 13.2. The topological polar surface area (TPSA) is 88.1 Å². The van der Waals surface area contributed by atoms with Crippen molar-refractivity contribution in [2.45, 2.75) is 26.3 Å². The van der Waals surface area contributed by atoms with E-state index in [-0.39, 0.29) is 24.4 Å². The Bertz CT molecular complexity index is 1230. The van der Waals surface area contributed by atoms with Crippen LogP contribution < -0.4 is 14.4 Å². The summed E-state index contributed by atoms with van der Waals surface area (Å²) >= 11 is 0. The monoisotopic (exact) mass is 517 g/mol. The van der Waals surface area contributed by atoms with Gasteiger partial charge in [0.15, 0.2) is 17.3 Å². The van der Waals surface area contributed by atoms with Gasteiger partial charge in [-0.3, -0.25) is 9.59 Å². The molecule has 3 aromatic rings. The molecule has 0 spiro atoms. The van der Waals surface area contributed by atoms with Gasteiger partial charge in [-0.15, -0.1) is 10.2 Å². The van der Waals surface area contributed by atoms with Crippen molar-refractivity contribution < 1.29 is 19.1 Å². The molecule has 4 rings (SSSR count). The van der Waals surface area contributed by atoms with E-state index in [1.165, 1.54) is 0 Å². The number of amides is 2. The van der Waals surface area contributed by atoms with Gasteiger partial charge in [0.25, 0.3) is 5.91 Å². The quantitative estimate of drug-likeness (QED) is 0.450. The summed E-state index contributed by atoms with van der Waals surface area (Å²) < 4.78 is 10.7. The molecule has 1 aliphatic rings. The second kappa shape index (κ2) is 12.4. The Labute approximate surface area is 224 Å². The molecular formula is C29H35N5O4. The number of benzene rings is 2. The third kappa shape index (κ3) is 6.22. The molecule has 200 valence electrons. The number of aromatic nitrogens is 2. The molecule has 0 saturated carbocycles. The van der Waals surface area contributed by atoms with Gasteiger partial charge in [0.05, 0.1) is 19.9 Å². The summed E-state index contributed by atoms with van der Waals surface area (Å²) in [6, 6.07) is 18.5. The fourth-order valence-corrected chi connectivity index (χ4v) is 4.52. The molecule has 9 heteroatoms. The number of nitrogens with zero attached hydrogens (tertiary/aromatic N) is 5. The molecule has 1 aliphatic heterocycles. The van der Waals surface area contributed by atoms with E-state index in [2.05, 4.69) is 15.1 Å². The molecule has 1 saturated heterocycles. The summed E-state index contributed by atoms with van der Waals surface area (Å²) in [4.78, 5) is 31.9. The fraction of sp³-hybridized carbons (Fsp3) is 0.379. The average Bonchev–Trinajstić information content (AvgIpc) is 3.22. The molecule has 0 N–H and O–H groups in total. The zero-order valence-corrected chi connectivity index (χ0v) is 22.5. The van der Waals surface area contributed by atoms with E-state index >= 15 is 0 Å². The number of anilines is 1. The summed E-state index contributed by atoms with van der Waals surface area (Å²) in [6.07, 6.45) is 0.805. The minimum atomic E-state index is -0.129. The normalized spacial score (nSPS) is 13.7. The Morgan fingerprint density at radius 1 is 0.895 bits per heavy atom. The number of methoxy groups -OCH3 is 2. The van der Waals surface area contributed by atoms with Crippen LogP contribution in [0.2, 0.25) is 0 Å². The van der Waals surface area contributed by atoms with Gasteiger partial charge < -0.3 is 24.2 Å². The first kappa shape index (κ1) is 26.9. The van der Waals surface area contributed by atoms with Crippen LogP contribution in [0.25, 0.3) is 11.3 Å². The third-order valence-corrected chi connectivity index (χ3v) is 6.71. The Morgan fingerprint density at radius 3 is 2.32 bits per heavy atom. The molecule has 9 nitrogen and oxygen atoms in total. The van der Waals surface area contributed by atoms with Crippen LogP contribution in [0, 0.1) is 0 Å². The molecule has 0 radical (unpaired) electrons. The molecule has 0 atom stereocenters. The fourth-order valence-electron chi connectivity index (χ4n) is 4.52. The highest BCUT2D eigenvalue weighted by atomic mass is 16.5. The number of carbonyl (C=O) groups is 2. The smallest absolute Gasteiger partial charge is 0.254 e. The molecule has 0 unspecified atom stereocenters. The molecule has 0 aliphatic carbocycles. The summed E-state index contributed by atoms with van der Waals surface area (Å²) in [5.74, 6) is 1.89. The summed E-state index contributed by atoms with van der Waals surface area (Å²) in [6.45, 7) is 6.54. The zero-order chi connectivity index (χ0) is 27.1. The summed E-state index contributed by atoms with van der Waals surface area (Å²) in [5.41, 5.74) is 2.21. The first-order chi connectivity index (χ1) is 18.4. The Hall–Kier alpha value is -4.14. The van der Waals surface area contributed by atoms with E-state index in [0.717, 1.165) is 30.0 Å². The Balaban J connectivity index is 1.39. The van der Waals surface area contributed by atoms with Crippen LogP contribution in [0.15, 0.2) is 60.7 Å². The molecule has 1 fully saturated rings. The van der Waals surface area contributed by atoms with Crippen LogP contribution in [-0.2, 0) is 4.79 Å². The molecule has 0 bridgehead atoms. The van der Waals surface area contributed by atoms with Crippen LogP contribution in [0.1, 0.15) is 30.6 Å². The van der Waals surface area contributed by atoms with Gasteiger partial charge in [-0.05, 0) is 62.7 Å². The molecule has 38 heavy (non-hydrogen) atoms. The van der Waals surface area contributed by atoms with Crippen molar-refractivity contribution >= 4 is 17.6 Å². The van der Waals surface area contributed by atoms with Gasteiger partial charge in [-0.1, -0.05) is 18.2 Å². The van der Waals surface area contributed by atoms with Crippen LogP contribution in [0.3, 0.4) is 0 Å². The highest BCUT2D eigenvalue weighted by molar-refractivity contribution is 5.96. The van der Waals surface area contributed by atoms with Crippen molar-refractivity contribution in [3.8, 4) is 22.8 Å². The van der Waals surface area contributed by atoms with Crippen LogP contribution >= 0.6 is 0 Å².